The third-order valence-corrected chi connectivity index (χ3v) is 4.95. The number of hydrogen-bond donors (Lipinski definition) is 3. The Balaban J connectivity index is 3.50. The second-order valence-electron chi connectivity index (χ2n) is 9.45. The molecule has 0 heterocycles. The minimum atomic E-state index is -1.44. The second kappa shape index (κ2) is 8.32. The van der Waals surface area contributed by atoms with Crippen LogP contribution >= 0.6 is 0 Å². The van der Waals surface area contributed by atoms with Crippen molar-refractivity contribution in [2.24, 2.45) is 11.8 Å². The van der Waals surface area contributed by atoms with Crippen LogP contribution in [0.5, 0.6) is 5.75 Å². The summed E-state index contributed by atoms with van der Waals surface area (Å²) in [5.74, 6) is -4.28. The highest BCUT2D eigenvalue weighted by Gasteiger charge is 2.35. The number of carbonyl (C=O) groups is 2. The summed E-state index contributed by atoms with van der Waals surface area (Å²) in [6.07, 6.45) is 1.57. The Morgan fingerprint density at radius 2 is 1.33 bits per heavy atom. The standard InChI is InChI=1S/C22H34O5/c1-8-9-14(17(19(24)25)20(26)27)10-13-11-15(21(2,3)4)18(23)16(12-13)22(5,6)7/h11-12,14,17,23H,8-10H2,1-7H3,(H,24,25)(H,26,27). The molecule has 0 spiro atoms. The molecule has 3 N–H and O–H groups in total. The lowest BCUT2D eigenvalue weighted by molar-refractivity contribution is -0.157. The van der Waals surface area contributed by atoms with Crippen molar-refractivity contribution in [2.75, 3.05) is 0 Å². The minimum absolute atomic E-state index is 0.263. The highest BCUT2D eigenvalue weighted by Crippen LogP contribution is 2.40. The van der Waals surface area contributed by atoms with E-state index in [-0.39, 0.29) is 16.6 Å². The summed E-state index contributed by atoms with van der Waals surface area (Å²) in [4.78, 5) is 23.1. The van der Waals surface area contributed by atoms with Gasteiger partial charge in [0.05, 0.1) is 0 Å². The SMILES string of the molecule is CCCC(Cc1cc(C(C)(C)C)c(O)c(C(C)(C)C)c1)C(C(=O)O)C(=O)O. The predicted molar refractivity (Wildman–Crippen MR) is 106 cm³/mol. The molecule has 0 aliphatic rings. The molecule has 1 aromatic rings. The maximum absolute atomic E-state index is 11.5. The highest BCUT2D eigenvalue weighted by atomic mass is 16.4. The van der Waals surface area contributed by atoms with Gasteiger partial charge in [-0.25, -0.2) is 0 Å². The Bertz CT molecular complexity index is 643. The van der Waals surface area contributed by atoms with E-state index in [2.05, 4.69) is 0 Å². The second-order valence-corrected chi connectivity index (χ2v) is 9.45. The van der Waals surface area contributed by atoms with Gasteiger partial charge in [0.25, 0.3) is 0 Å². The Morgan fingerprint density at radius 1 is 0.926 bits per heavy atom. The van der Waals surface area contributed by atoms with E-state index >= 15 is 0 Å². The zero-order valence-electron chi connectivity index (χ0n) is 17.6. The normalized spacial score (nSPS) is 13.6. The van der Waals surface area contributed by atoms with Gasteiger partial charge in [-0.05, 0) is 46.3 Å². The molecular formula is C22H34O5. The monoisotopic (exact) mass is 378 g/mol. The molecule has 5 nitrogen and oxygen atoms in total. The van der Waals surface area contributed by atoms with Gasteiger partial charge in [-0.1, -0.05) is 67.0 Å². The van der Waals surface area contributed by atoms with Crippen LogP contribution in [0.25, 0.3) is 0 Å². The van der Waals surface area contributed by atoms with Crippen molar-refractivity contribution in [2.45, 2.75) is 78.6 Å². The van der Waals surface area contributed by atoms with Gasteiger partial charge in [0, 0.05) is 0 Å². The first-order chi connectivity index (χ1) is 12.2. The zero-order chi connectivity index (χ0) is 21.2. The molecule has 0 radical (unpaired) electrons. The van der Waals surface area contributed by atoms with Crippen LogP contribution in [0.1, 0.15) is 78.0 Å². The van der Waals surface area contributed by atoms with Crippen molar-refractivity contribution >= 4 is 11.9 Å². The molecule has 0 aliphatic carbocycles. The van der Waals surface area contributed by atoms with Gasteiger partial charge >= 0.3 is 11.9 Å². The number of benzene rings is 1. The van der Waals surface area contributed by atoms with Gasteiger partial charge in [-0.2, -0.15) is 0 Å². The number of phenols is 1. The molecule has 5 heteroatoms. The van der Waals surface area contributed by atoms with E-state index in [9.17, 15) is 24.9 Å². The quantitative estimate of drug-likeness (QED) is 0.596. The minimum Gasteiger partial charge on any atom is -0.507 e. The van der Waals surface area contributed by atoms with Gasteiger partial charge in [0.15, 0.2) is 5.92 Å². The van der Waals surface area contributed by atoms with Crippen molar-refractivity contribution in [1.29, 1.82) is 0 Å². The van der Waals surface area contributed by atoms with Crippen LogP contribution in [0.15, 0.2) is 12.1 Å². The summed E-state index contributed by atoms with van der Waals surface area (Å²) >= 11 is 0. The lowest BCUT2D eigenvalue weighted by Crippen LogP contribution is -2.32. The van der Waals surface area contributed by atoms with Crippen LogP contribution in [-0.4, -0.2) is 27.3 Å². The molecule has 0 aromatic heterocycles. The van der Waals surface area contributed by atoms with E-state index in [0.717, 1.165) is 16.7 Å². The molecule has 0 amide bonds. The summed E-state index contributed by atoms with van der Waals surface area (Å²) in [5.41, 5.74) is 1.87. The van der Waals surface area contributed by atoms with Gasteiger partial charge in [0.2, 0.25) is 0 Å². The molecule has 1 atom stereocenters. The molecule has 0 bridgehead atoms. The third kappa shape index (κ3) is 5.72. The van der Waals surface area contributed by atoms with Crippen molar-refractivity contribution in [1.82, 2.24) is 0 Å². The lowest BCUT2D eigenvalue weighted by atomic mass is 9.76. The van der Waals surface area contributed by atoms with Crippen LogP contribution in [0, 0.1) is 11.8 Å². The topological polar surface area (TPSA) is 94.8 Å². The number of hydrogen-bond acceptors (Lipinski definition) is 3. The molecule has 0 aliphatic heterocycles. The van der Waals surface area contributed by atoms with Crippen LogP contribution in [0.2, 0.25) is 0 Å². The molecule has 1 rings (SSSR count). The fourth-order valence-electron chi connectivity index (χ4n) is 3.52. The highest BCUT2D eigenvalue weighted by molar-refractivity contribution is 5.93. The van der Waals surface area contributed by atoms with Crippen molar-refractivity contribution < 1.29 is 24.9 Å². The first kappa shape index (κ1) is 23.0. The number of rotatable bonds is 7. The largest absolute Gasteiger partial charge is 0.507 e. The molecule has 1 unspecified atom stereocenters. The van der Waals surface area contributed by atoms with E-state index in [1.165, 1.54) is 0 Å². The Hall–Kier alpha value is -2.04. The fourth-order valence-corrected chi connectivity index (χ4v) is 3.52. The van der Waals surface area contributed by atoms with Gasteiger partial charge < -0.3 is 15.3 Å². The van der Waals surface area contributed by atoms with E-state index in [1.807, 2.05) is 60.6 Å². The van der Waals surface area contributed by atoms with Gasteiger partial charge in [-0.15, -0.1) is 0 Å². The first-order valence-corrected chi connectivity index (χ1v) is 9.52. The summed E-state index contributed by atoms with van der Waals surface area (Å²) in [7, 11) is 0. The molecule has 1 aromatic carbocycles. The van der Waals surface area contributed by atoms with E-state index in [0.29, 0.717) is 19.3 Å². The molecule has 0 saturated carbocycles. The van der Waals surface area contributed by atoms with Crippen LogP contribution in [0.3, 0.4) is 0 Å². The Labute approximate surface area is 162 Å². The van der Waals surface area contributed by atoms with Gasteiger partial charge in [-0.3, -0.25) is 9.59 Å². The predicted octanol–water partition coefficient (Wildman–Crippen LogP) is 4.73. The third-order valence-electron chi connectivity index (χ3n) is 4.95. The van der Waals surface area contributed by atoms with E-state index in [4.69, 9.17) is 0 Å². The molecule has 0 fully saturated rings. The fraction of sp³-hybridized carbons (Fsp3) is 0.636. The smallest absolute Gasteiger partial charge is 0.318 e. The molecule has 152 valence electrons. The van der Waals surface area contributed by atoms with E-state index in [1.54, 1.807) is 0 Å². The number of phenolic OH excluding ortho intramolecular Hbond substituents is 1. The van der Waals surface area contributed by atoms with Crippen molar-refractivity contribution in [3.63, 3.8) is 0 Å². The van der Waals surface area contributed by atoms with Crippen molar-refractivity contribution in [3.8, 4) is 5.75 Å². The average molecular weight is 379 g/mol. The van der Waals surface area contributed by atoms with E-state index < -0.39 is 23.8 Å². The summed E-state index contributed by atoms with van der Waals surface area (Å²) in [6, 6.07) is 3.79. The lowest BCUT2D eigenvalue weighted by Gasteiger charge is -2.29. The number of aromatic hydroxyl groups is 1. The molecular weight excluding hydrogens is 344 g/mol. The summed E-state index contributed by atoms with van der Waals surface area (Å²) in [5, 5.41) is 29.6. The van der Waals surface area contributed by atoms with Crippen LogP contribution in [-0.2, 0) is 26.8 Å². The molecule has 0 saturated heterocycles. The summed E-state index contributed by atoms with van der Waals surface area (Å²) in [6.45, 7) is 14.0. The Morgan fingerprint density at radius 3 is 1.63 bits per heavy atom. The van der Waals surface area contributed by atoms with Crippen LogP contribution in [0.4, 0.5) is 0 Å². The van der Waals surface area contributed by atoms with Gasteiger partial charge in [0.1, 0.15) is 5.75 Å². The Kier molecular flexibility index (Phi) is 7.09. The number of carboxylic acid groups (broad SMARTS) is 2. The van der Waals surface area contributed by atoms with Crippen LogP contribution < -0.4 is 0 Å². The molecule has 27 heavy (non-hydrogen) atoms. The summed E-state index contributed by atoms with van der Waals surface area (Å²) < 4.78 is 0. The first-order valence-electron chi connectivity index (χ1n) is 9.52. The number of aliphatic carboxylic acids is 2. The maximum Gasteiger partial charge on any atom is 0.318 e. The maximum atomic E-state index is 11.5. The average Bonchev–Trinajstić information content (AvgIpc) is 2.45. The zero-order valence-corrected chi connectivity index (χ0v) is 17.6. The number of carboxylic acids is 2. The van der Waals surface area contributed by atoms with Crippen molar-refractivity contribution in [3.05, 3.63) is 28.8 Å².